The summed E-state index contributed by atoms with van der Waals surface area (Å²) in [7, 11) is 1.64. The first-order valence-corrected chi connectivity index (χ1v) is 6.66. The summed E-state index contributed by atoms with van der Waals surface area (Å²) in [5.41, 5.74) is 0.665. The zero-order chi connectivity index (χ0) is 13.6. The number of allylic oxidation sites excluding steroid dienone is 3. The van der Waals surface area contributed by atoms with Crippen molar-refractivity contribution in [3.05, 3.63) is 23.8 Å². The molecule has 0 N–H and O–H groups in total. The van der Waals surface area contributed by atoms with Crippen molar-refractivity contribution in [2.24, 2.45) is 17.3 Å². The van der Waals surface area contributed by atoms with E-state index >= 15 is 0 Å². The van der Waals surface area contributed by atoms with E-state index in [0.29, 0.717) is 13.0 Å². The summed E-state index contributed by atoms with van der Waals surface area (Å²) in [5.74, 6) is -0.129. The number of hydrogen-bond acceptors (Lipinski definition) is 4. The Balaban J connectivity index is 2.16. The molecular formula is C15H18O4. The molecule has 1 fully saturated rings. The summed E-state index contributed by atoms with van der Waals surface area (Å²) in [6, 6.07) is 0. The normalized spacial score (nSPS) is 40.5. The molecule has 0 saturated carbocycles. The first-order chi connectivity index (χ1) is 9.09. The minimum absolute atomic E-state index is 0.0325. The van der Waals surface area contributed by atoms with Gasteiger partial charge in [0.05, 0.1) is 18.4 Å². The average Bonchev–Trinajstić information content (AvgIpc) is 2.36. The van der Waals surface area contributed by atoms with Crippen molar-refractivity contribution in [2.45, 2.75) is 25.9 Å². The Morgan fingerprint density at radius 3 is 3.00 bits per heavy atom. The zero-order valence-electron chi connectivity index (χ0n) is 11.2. The molecule has 0 aromatic rings. The van der Waals surface area contributed by atoms with Gasteiger partial charge in [0.1, 0.15) is 0 Å². The third-order valence-corrected chi connectivity index (χ3v) is 4.78. The standard InChI is InChI=1S/C15H18O4/c1-9-6-12(16)14-15(8-18-2)10(7-13(17)19-14)4-3-5-11(9)15/h3-4,6,10-11,14H,5,7-8H2,1-2H3. The molecule has 102 valence electrons. The van der Waals surface area contributed by atoms with E-state index in [4.69, 9.17) is 9.47 Å². The molecule has 4 nitrogen and oxygen atoms in total. The van der Waals surface area contributed by atoms with E-state index in [0.717, 1.165) is 12.0 Å². The molecule has 4 heteroatoms. The van der Waals surface area contributed by atoms with Crippen molar-refractivity contribution in [3.63, 3.8) is 0 Å². The van der Waals surface area contributed by atoms with Crippen molar-refractivity contribution < 1.29 is 19.1 Å². The van der Waals surface area contributed by atoms with Crippen LogP contribution >= 0.6 is 0 Å². The molecule has 0 spiro atoms. The van der Waals surface area contributed by atoms with Crippen molar-refractivity contribution in [2.75, 3.05) is 13.7 Å². The monoisotopic (exact) mass is 262 g/mol. The lowest BCUT2D eigenvalue weighted by atomic mass is 9.53. The van der Waals surface area contributed by atoms with E-state index in [1.807, 2.05) is 6.92 Å². The molecule has 1 heterocycles. The zero-order valence-corrected chi connectivity index (χ0v) is 11.2. The molecule has 1 saturated heterocycles. The van der Waals surface area contributed by atoms with Crippen molar-refractivity contribution in [1.29, 1.82) is 0 Å². The first kappa shape index (κ1) is 12.6. The number of esters is 1. The average molecular weight is 262 g/mol. The molecule has 0 aromatic heterocycles. The summed E-state index contributed by atoms with van der Waals surface area (Å²) >= 11 is 0. The van der Waals surface area contributed by atoms with Gasteiger partial charge >= 0.3 is 5.97 Å². The van der Waals surface area contributed by atoms with Gasteiger partial charge in [0, 0.05) is 7.11 Å². The second-order valence-electron chi connectivity index (χ2n) is 5.73. The predicted molar refractivity (Wildman–Crippen MR) is 68.3 cm³/mol. The van der Waals surface area contributed by atoms with Crippen LogP contribution in [-0.2, 0) is 19.1 Å². The topological polar surface area (TPSA) is 52.6 Å². The van der Waals surface area contributed by atoms with Gasteiger partial charge in [-0.05, 0) is 31.3 Å². The van der Waals surface area contributed by atoms with Crippen LogP contribution in [-0.4, -0.2) is 31.6 Å². The highest BCUT2D eigenvalue weighted by molar-refractivity contribution is 5.98. The summed E-state index contributed by atoms with van der Waals surface area (Å²) in [6.07, 6.45) is 6.35. The molecule has 3 rings (SSSR count). The first-order valence-electron chi connectivity index (χ1n) is 6.66. The van der Waals surface area contributed by atoms with Gasteiger partial charge in [-0.2, -0.15) is 0 Å². The number of ether oxygens (including phenoxy) is 2. The van der Waals surface area contributed by atoms with E-state index in [1.165, 1.54) is 0 Å². The summed E-state index contributed by atoms with van der Waals surface area (Å²) in [4.78, 5) is 24.0. The van der Waals surface area contributed by atoms with Crippen molar-refractivity contribution in [3.8, 4) is 0 Å². The molecule has 0 radical (unpaired) electrons. The van der Waals surface area contributed by atoms with Crippen molar-refractivity contribution in [1.82, 2.24) is 0 Å². The van der Waals surface area contributed by atoms with Gasteiger partial charge < -0.3 is 9.47 Å². The Kier molecular flexibility index (Phi) is 2.86. The molecule has 2 aliphatic carbocycles. The predicted octanol–water partition coefficient (Wildman–Crippen LogP) is 1.66. The number of carbonyl (C=O) groups is 2. The highest BCUT2D eigenvalue weighted by Crippen LogP contribution is 2.55. The number of hydrogen-bond donors (Lipinski definition) is 0. The van der Waals surface area contributed by atoms with Crippen molar-refractivity contribution >= 4 is 11.8 Å². The Bertz CT molecular complexity index is 490. The van der Waals surface area contributed by atoms with E-state index < -0.39 is 11.5 Å². The lowest BCUT2D eigenvalue weighted by molar-refractivity contribution is -0.190. The van der Waals surface area contributed by atoms with Crippen LogP contribution in [0.1, 0.15) is 19.8 Å². The second-order valence-corrected chi connectivity index (χ2v) is 5.73. The highest BCUT2D eigenvalue weighted by Gasteiger charge is 2.60. The minimum Gasteiger partial charge on any atom is -0.453 e. The maximum absolute atomic E-state index is 12.3. The largest absolute Gasteiger partial charge is 0.453 e. The second kappa shape index (κ2) is 4.30. The van der Waals surface area contributed by atoms with Crippen LogP contribution in [0.5, 0.6) is 0 Å². The fourth-order valence-corrected chi connectivity index (χ4v) is 4.01. The van der Waals surface area contributed by atoms with Gasteiger partial charge in [-0.25, -0.2) is 0 Å². The third-order valence-electron chi connectivity index (χ3n) is 4.78. The Hall–Kier alpha value is -1.42. The summed E-state index contributed by atoms with van der Waals surface area (Å²) in [6.45, 7) is 2.43. The SMILES string of the molecule is COCC12C3C=CCC1C(C)=CC(=O)C2OC(=O)C3. The molecule has 19 heavy (non-hydrogen) atoms. The van der Waals surface area contributed by atoms with Gasteiger partial charge in [-0.15, -0.1) is 0 Å². The van der Waals surface area contributed by atoms with Gasteiger partial charge in [0.2, 0.25) is 0 Å². The van der Waals surface area contributed by atoms with Gasteiger partial charge in [0.15, 0.2) is 11.9 Å². The summed E-state index contributed by atoms with van der Waals surface area (Å²) in [5, 5.41) is 0. The van der Waals surface area contributed by atoms with E-state index in [9.17, 15) is 9.59 Å². The van der Waals surface area contributed by atoms with Gasteiger partial charge in [0.25, 0.3) is 0 Å². The molecule has 4 atom stereocenters. The molecule has 0 amide bonds. The van der Waals surface area contributed by atoms with Gasteiger partial charge in [-0.1, -0.05) is 17.7 Å². The number of methoxy groups -OCH3 is 1. The van der Waals surface area contributed by atoms with Crippen LogP contribution in [0, 0.1) is 17.3 Å². The third kappa shape index (κ3) is 1.62. The van der Waals surface area contributed by atoms with E-state index in [1.54, 1.807) is 13.2 Å². The number of carbonyl (C=O) groups excluding carboxylic acids is 2. The molecule has 0 aromatic carbocycles. The minimum atomic E-state index is -0.683. The Morgan fingerprint density at radius 1 is 1.47 bits per heavy atom. The lowest BCUT2D eigenvalue weighted by Crippen LogP contribution is -2.61. The van der Waals surface area contributed by atoms with Crippen LogP contribution in [0.25, 0.3) is 0 Å². The van der Waals surface area contributed by atoms with Crippen LogP contribution in [0.3, 0.4) is 0 Å². The van der Waals surface area contributed by atoms with Crippen LogP contribution in [0.2, 0.25) is 0 Å². The number of ketones is 1. The molecule has 1 aliphatic heterocycles. The van der Waals surface area contributed by atoms with E-state index in [2.05, 4.69) is 12.2 Å². The molecule has 4 unspecified atom stereocenters. The molecule has 3 aliphatic rings. The lowest BCUT2D eigenvalue weighted by Gasteiger charge is -2.54. The fraction of sp³-hybridized carbons (Fsp3) is 0.600. The van der Waals surface area contributed by atoms with E-state index in [-0.39, 0.29) is 23.6 Å². The molecule has 0 bridgehead atoms. The van der Waals surface area contributed by atoms with Crippen LogP contribution < -0.4 is 0 Å². The van der Waals surface area contributed by atoms with Crippen LogP contribution in [0.15, 0.2) is 23.8 Å². The maximum Gasteiger partial charge on any atom is 0.307 e. The fourth-order valence-electron chi connectivity index (χ4n) is 4.01. The summed E-state index contributed by atoms with van der Waals surface area (Å²) < 4.78 is 10.8. The Labute approximate surface area is 112 Å². The molecular weight excluding hydrogens is 244 g/mol. The maximum atomic E-state index is 12.3. The number of rotatable bonds is 2. The van der Waals surface area contributed by atoms with Crippen LogP contribution in [0.4, 0.5) is 0 Å². The van der Waals surface area contributed by atoms with Gasteiger partial charge in [-0.3, -0.25) is 9.59 Å². The smallest absolute Gasteiger partial charge is 0.307 e. The highest BCUT2D eigenvalue weighted by atomic mass is 16.6. The Morgan fingerprint density at radius 2 is 2.26 bits per heavy atom. The quantitative estimate of drug-likeness (QED) is 0.561.